The minimum atomic E-state index is 0.801. The Kier molecular flexibility index (Phi) is 3.91. The summed E-state index contributed by atoms with van der Waals surface area (Å²) in [6.07, 6.45) is 2.03. The van der Waals surface area contributed by atoms with Crippen LogP contribution in [0.15, 0.2) is 69.8 Å². The standard InChI is InChI=1S/C24H19BrN2O/c1-14-11-15(2)22(16(3)12-14)27-13-21(25)26-24(27)19-9-6-8-18-17-7-4-5-10-20(17)28-23(18)19/h4-13H,1-3H3. The third-order valence-corrected chi connectivity index (χ3v) is 5.58. The van der Waals surface area contributed by atoms with E-state index in [4.69, 9.17) is 9.40 Å². The Morgan fingerprint density at radius 3 is 2.39 bits per heavy atom. The van der Waals surface area contributed by atoms with Gasteiger partial charge in [0.25, 0.3) is 0 Å². The van der Waals surface area contributed by atoms with Crippen LogP contribution in [0.25, 0.3) is 39.0 Å². The fourth-order valence-corrected chi connectivity index (χ4v) is 4.56. The van der Waals surface area contributed by atoms with E-state index < -0.39 is 0 Å². The summed E-state index contributed by atoms with van der Waals surface area (Å²) in [5.41, 5.74) is 7.61. The van der Waals surface area contributed by atoms with Crippen molar-refractivity contribution in [2.24, 2.45) is 0 Å². The number of aryl methyl sites for hydroxylation is 3. The maximum atomic E-state index is 6.25. The maximum Gasteiger partial charge on any atom is 0.149 e. The second-order valence-corrected chi connectivity index (χ2v) is 8.10. The fraction of sp³-hybridized carbons (Fsp3) is 0.125. The molecule has 138 valence electrons. The zero-order valence-electron chi connectivity index (χ0n) is 16.0. The average molecular weight is 431 g/mol. The van der Waals surface area contributed by atoms with Crippen molar-refractivity contribution < 1.29 is 4.42 Å². The van der Waals surface area contributed by atoms with E-state index in [1.165, 1.54) is 16.7 Å². The van der Waals surface area contributed by atoms with E-state index in [2.05, 4.69) is 77.7 Å². The first kappa shape index (κ1) is 17.3. The van der Waals surface area contributed by atoms with Gasteiger partial charge >= 0.3 is 0 Å². The van der Waals surface area contributed by atoms with E-state index in [-0.39, 0.29) is 0 Å². The first-order chi connectivity index (χ1) is 13.5. The number of nitrogens with zero attached hydrogens (tertiary/aromatic N) is 2. The molecular weight excluding hydrogens is 412 g/mol. The first-order valence-electron chi connectivity index (χ1n) is 9.26. The molecule has 0 saturated carbocycles. The van der Waals surface area contributed by atoms with Gasteiger partial charge in [0.05, 0.1) is 11.3 Å². The van der Waals surface area contributed by atoms with Crippen LogP contribution in [0.4, 0.5) is 0 Å². The SMILES string of the molecule is Cc1cc(C)c(-n2cc(Br)nc2-c2cccc3c2oc2ccccc23)c(C)c1. The van der Waals surface area contributed by atoms with Gasteiger partial charge in [-0.2, -0.15) is 0 Å². The van der Waals surface area contributed by atoms with Crippen LogP contribution in [0.2, 0.25) is 0 Å². The van der Waals surface area contributed by atoms with E-state index >= 15 is 0 Å². The van der Waals surface area contributed by atoms with Crippen LogP contribution in [-0.4, -0.2) is 9.55 Å². The fourth-order valence-electron chi connectivity index (χ4n) is 4.19. The van der Waals surface area contributed by atoms with Gasteiger partial charge in [-0.3, -0.25) is 4.57 Å². The number of hydrogen-bond donors (Lipinski definition) is 0. The number of hydrogen-bond acceptors (Lipinski definition) is 2. The van der Waals surface area contributed by atoms with Crippen LogP contribution in [0.5, 0.6) is 0 Å². The molecule has 5 aromatic rings. The van der Waals surface area contributed by atoms with Crippen molar-refractivity contribution in [3.8, 4) is 17.1 Å². The van der Waals surface area contributed by atoms with Crippen molar-refractivity contribution in [3.05, 3.63) is 82.1 Å². The van der Waals surface area contributed by atoms with Crippen molar-refractivity contribution in [2.45, 2.75) is 20.8 Å². The largest absolute Gasteiger partial charge is 0.455 e. The predicted molar refractivity (Wildman–Crippen MR) is 118 cm³/mol. The van der Waals surface area contributed by atoms with Gasteiger partial charge in [-0.1, -0.05) is 48.0 Å². The minimum absolute atomic E-state index is 0.801. The molecule has 0 aliphatic heterocycles. The molecule has 0 fully saturated rings. The molecule has 0 bridgehead atoms. The lowest BCUT2D eigenvalue weighted by molar-refractivity contribution is 0.669. The van der Waals surface area contributed by atoms with E-state index in [0.717, 1.165) is 43.6 Å². The van der Waals surface area contributed by atoms with Crippen LogP contribution < -0.4 is 0 Å². The number of rotatable bonds is 2. The summed E-state index contributed by atoms with van der Waals surface area (Å²) in [4.78, 5) is 4.80. The lowest BCUT2D eigenvalue weighted by Gasteiger charge is -2.15. The van der Waals surface area contributed by atoms with Gasteiger partial charge in [-0.05, 0) is 60.0 Å². The molecule has 5 rings (SSSR count). The van der Waals surface area contributed by atoms with Gasteiger partial charge in [0.2, 0.25) is 0 Å². The van der Waals surface area contributed by atoms with Gasteiger partial charge in [0, 0.05) is 17.0 Å². The average Bonchev–Trinajstić information content (AvgIpc) is 3.21. The molecule has 0 spiro atoms. The normalized spacial score (nSPS) is 11.6. The van der Waals surface area contributed by atoms with Crippen molar-refractivity contribution in [1.82, 2.24) is 9.55 Å². The summed E-state index contributed by atoms with van der Waals surface area (Å²) in [7, 11) is 0. The van der Waals surface area contributed by atoms with Gasteiger partial charge in [0.1, 0.15) is 21.6 Å². The summed E-state index contributed by atoms with van der Waals surface area (Å²) in [5, 5.41) is 2.23. The number of aromatic nitrogens is 2. The highest BCUT2D eigenvalue weighted by Crippen LogP contribution is 2.37. The Morgan fingerprint density at radius 1 is 0.893 bits per heavy atom. The van der Waals surface area contributed by atoms with Crippen LogP contribution in [0, 0.1) is 20.8 Å². The van der Waals surface area contributed by atoms with Crippen LogP contribution in [0.3, 0.4) is 0 Å². The molecule has 0 amide bonds. The van der Waals surface area contributed by atoms with E-state index in [1.54, 1.807) is 0 Å². The number of para-hydroxylation sites is 2. The third-order valence-electron chi connectivity index (χ3n) is 5.20. The number of furan rings is 1. The van der Waals surface area contributed by atoms with Gasteiger partial charge in [-0.25, -0.2) is 4.98 Å². The molecule has 2 aromatic heterocycles. The lowest BCUT2D eigenvalue weighted by atomic mass is 10.0. The van der Waals surface area contributed by atoms with Crippen LogP contribution in [0.1, 0.15) is 16.7 Å². The van der Waals surface area contributed by atoms with Crippen molar-refractivity contribution in [1.29, 1.82) is 0 Å². The quantitative estimate of drug-likeness (QED) is 0.298. The maximum absolute atomic E-state index is 6.25. The highest BCUT2D eigenvalue weighted by molar-refractivity contribution is 9.10. The molecule has 0 aliphatic carbocycles. The molecule has 28 heavy (non-hydrogen) atoms. The Bertz CT molecular complexity index is 1340. The molecule has 0 atom stereocenters. The summed E-state index contributed by atoms with van der Waals surface area (Å²) < 4.78 is 9.21. The zero-order chi connectivity index (χ0) is 19.4. The summed E-state index contributed by atoms with van der Waals surface area (Å²) >= 11 is 3.58. The zero-order valence-corrected chi connectivity index (χ0v) is 17.5. The highest BCUT2D eigenvalue weighted by atomic mass is 79.9. The van der Waals surface area contributed by atoms with Crippen LogP contribution >= 0.6 is 15.9 Å². The summed E-state index contributed by atoms with van der Waals surface area (Å²) in [5.74, 6) is 0.867. The van der Waals surface area contributed by atoms with Crippen LogP contribution in [-0.2, 0) is 0 Å². The molecule has 4 heteroatoms. The lowest BCUT2D eigenvalue weighted by Crippen LogP contribution is -2.02. The molecule has 0 unspecified atom stereocenters. The minimum Gasteiger partial charge on any atom is -0.455 e. The van der Waals surface area contributed by atoms with E-state index in [9.17, 15) is 0 Å². The van der Waals surface area contributed by atoms with Crippen molar-refractivity contribution in [3.63, 3.8) is 0 Å². The molecule has 3 aromatic carbocycles. The summed E-state index contributed by atoms with van der Waals surface area (Å²) in [6.45, 7) is 6.42. The Hall–Kier alpha value is -2.85. The molecule has 0 aliphatic rings. The summed E-state index contributed by atoms with van der Waals surface area (Å²) in [6, 6.07) is 18.8. The van der Waals surface area contributed by atoms with E-state index in [1.807, 2.05) is 24.4 Å². The van der Waals surface area contributed by atoms with Gasteiger partial charge in [0.15, 0.2) is 0 Å². The first-order valence-corrected chi connectivity index (χ1v) is 10.1. The molecule has 0 N–H and O–H groups in total. The second kappa shape index (κ2) is 6.35. The molecule has 2 heterocycles. The Balaban J connectivity index is 1.83. The Morgan fingerprint density at radius 2 is 1.61 bits per heavy atom. The molecular formula is C24H19BrN2O. The van der Waals surface area contributed by atoms with Gasteiger partial charge < -0.3 is 4.42 Å². The van der Waals surface area contributed by atoms with Crippen molar-refractivity contribution >= 4 is 37.9 Å². The number of imidazole rings is 1. The molecule has 0 saturated heterocycles. The predicted octanol–water partition coefficient (Wildman–Crippen LogP) is 7.13. The Labute approximate surface area is 171 Å². The number of benzene rings is 3. The van der Waals surface area contributed by atoms with Gasteiger partial charge in [-0.15, -0.1) is 0 Å². The monoisotopic (exact) mass is 430 g/mol. The molecule has 0 radical (unpaired) electrons. The number of fused-ring (bicyclic) bond motifs is 3. The second-order valence-electron chi connectivity index (χ2n) is 7.29. The topological polar surface area (TPSA) is 31.0 Å². The number of halogens is 1. The highest BCUT2D eigenvalue weighted by Gasteiger charge is 2.19. The van der Waals surface area contributed by atoms with E-state index in [0.29, 0.717) is 0 Å². The smallest absolute Gasteiger partial charge is 0.149 e. The van der Waals surface area contributed by atoms with Crippen molar-refractivity contribution in [2.75, 3.05) is 0 Å². The molecule has 3 nitrogen and oxygen atoms in total. The third kappa shape index (κ3) is 2.60.